The molecule has 6 nitrogen and oxygen atoms in total. The maximum Gasteiger partial charge on any atom is 0.255 e. The second kappa shape index (κ2) is 7.35. The lowest BCUT2D eigenvalue weighted by molar-refractivity contribution is 0.123. The van der Waals surface area contributed by atoms with Gasteiger partial charge in [-0.2, -0.15) is 9.37 Å². The van der Waals surface area contributed by atoms with Crippen LogP contribution in [0.3, 0.4) is 0 Å². The zero-order chi connectivity index (χ0) is 14.4. The van der Waals surface area contributed by atoms with Crippen LogP contribution in [0.1, 0.15) is 12.8 Å². The molecular weight excluding hydrogens is 263 g/mol. The van der Waals surface area contributed by atoms with Crippen LogP contribution in [-0.4, -0.2) is 59.9 Å². The Balaban J connectivity index is 1.78. The van der Waals surface area contributed by atoms with E-state index in [0.717, 1.165) is 38.7 Å². The molecule has 20 heavy (non-hydrogen) atoms. The van der Waals surface area contributed by atoms with Crippen molar-refractivity contribution in [1.82, 2.24) is 14.9 Å². The average Bonchev–Trinajstić information content (AvgIpc) is 2.49. The molecule has 0 spiro atoms. The van der Waals surface area contributed by atoms with Crippen molar-refractivity contribution in [2.24, 2.45) is 5.92 Å². The minimum Gasteiger partial charge on any atom is -0.479 e. The molecule has 0 aromatic carbocycles. The van der Waals surface area contributed by atoms with Crippen molar-refractivity contribution in [2.75, 3.05) is 45.2 Å². The number of methoxy groups -OCH3 is 1. The third-order valence-electron chi connectivity index (χ3n) is 3.48. The highest BCUT2D eigenvalue weighted by atomic mass is 19.1. The molecule has 2 N–H and O–H groups in total. The van der Waals surface area contributed by atoms with Gasteiger partial charge in [-0.1, -0.05) is 0 Å². The molecule has 112 valence electrons. The lowest BCUT2D eigenvalue weighted by atomic mass is 9.99. The average molecular weight is 284 g/mol. The van der Waals surface area contributed by atoms with Gasteiger partial charge in [0.1, 0.15) is 0 Å². The summed E-state index contributed by atoms with van der Waals surface area (Å²) >= 11 is 0. The summed E-state index contributed by atoms with van der Waals surface area (Å²) in [6.07, 6.45) is 3.31. The van der Waals surface area contributed by atoms with Gasteiger partial charge in [-0.05, 0) is 25.3 Å². The first kappa shape index (κ1) is 14.9. The topological polar surface area (TPSA) is 70.5 Å². The number of aliphatic hydroxyl groups excluding tert-OH is 1. The number of hydrogen-bond donors (Lipinski definition) is 2. The quantitative estimate of drug-likeness (QED) is 0.803. The fourth-order valence-electron chi connectivity index (χ4n) is 2.41. The highest BCUT2D eigenvalue weighted by Gasteiger charge is 2.18. The fourth-order valence-corrected chi connectivity index (χ4v) is 2.41. The van der Waals surface area contributed by atoms with Crippen molar-refractivity contribution in [3.05, 3.63) is 12.0 Å². The standard InChI is InChI=1S/C13H21FN4O2/c1-20-12-11(14)7-16-13(17-12)15-4-6-18-5-2-3-10(8-18)9-19/h7,10,19H,2-6,8-9H2,1H3,(H,15,16,17)/t10-/m1/s1. The summed E-state index contributed by atoms with van der Waals surface area (Å²) in [5.41, 5.74) is 0. The first-order valence-corrected chi connectivity index (χ1v) is 6.86. The van der Waals surface area contributed by atoms with E-state index >= 15 is 0 Å². The fraction of sp³-hybridized carbons (Fsp3) is 0.692. The minimum atomic E-state index is -0.570. The number of halogens is 1. The number of ether oxygens (including phenoxy) is 1. The molecule has 1 fully saturated rings. The van der Waals surface area contributed by atoms with Crippen molar-refractivity contribution in [3.63, 3.8) is 0 Å². The van der Waals surface area contributed by atoms with Gasteiger partial charge in [0.2, 0.25) is 11.8 Å². The smallest absolute Gasteiger partial charge is 0.255 e. The zero-order valence-electron chi connectivity index (χ0n) is 11.7. The van der Waals surface area contributed by atoms with Gasteiger partial charge in [0.15, 0.2) is 0 Å². The van der Waals surface area contributed by atoms with Gasteiger partial charge in [0.05, 0.1) is 13.3 Å². The molecule has 2 heterocycles. The molecule has 0 bridgehead atoms. The lowest BCUT2D eigenvalue weighted by Crippen LogP contribution is -2.39. The predicted molar refractivity (Wildman–Crippen MR) is 73.3 cm³/mol. The molecule has 1 aliphatic heterocycles. The molecule has 0 unspecified atom stereocenters. The van der Waals surface area contributed by atoms with E-state index in [-0.39, 0.29) is 12.5 Å². The van der Waals surface area contributed by atoms with Crippen molar-refractivity contribution < 1.29 is 14.2 Å². The second-order valence-corrected chi connectivity index (χ2v) is 4.97. The number of aromatic nitrogens is 2. The molecule has 0 saturated carbocycles. The summed E-state index contributed by atoms with van der Waals surface area (Å²) in [7, 11) is 1.37. The minimum absolute atomic E-state index is 0.0548. The van der Waals surface area contributed by atoms with E-state index in [1.165, 1.54) is 7.11 Å². The number of aliphatic hydroxyl groups is 1. The van der Waals surface area contributed by atoms with E-state index in [1.807, 2.05) is 0 Å². The van der Waals surface area contributed by atoms with Crippen LogP contribution < -0.4 is 10.1 Å². The van der Waals surface area contributed by atoms with Gasteiger partial charge in [-0.15, -0.1) is 0 Å². The van der Waals surface area contributed by atoms with Crippen LogP contribution >= 0.6 is 0 Å². The predicted octanol–water partition coefficient (Wildman–Crippen LogP) is 0.740. The van der Waals surface area contributed by atoms with Gasteiger partial charge >= 0.3 is 0 Å². The van der Waals surface area contributed by atoms with Crippen LogP contribution in [0, 0.1) is 11.7 Å². The van der Waals surface area contributed by atoms with Gasteiger partial charge < -0.3 is 20.1 Å². The molecule has 1 aromatic rings. The van der Waals surface area contributed by atoms with Crippen molar-refractivity contribution in [2.45, 2.75) is 12.8 Å². The Morgan fingerprint density at radius 3 is 3.20 bits per heavy atom. The van der Waals surface area contributed by atoms with Gasteiger partial charge in [-0.25, -0.2) is 4.98 Å². The van der Waals surface area contributed by atoms with Crippen molar-refractivity contribution in [1.29, 1.82) is 0 Å². The van der Waals surface area contributed by atoms with Crippen LogP contribution in [0.5, 0.6) is 5.88 Å². The van der Waals surface area contributed by atoms with E-state index in [2.05, 4.69) is 20.2 Å². The van der Waals surface area contributed by atoms with Crippen LogP contribution in [0.2, 0.25) is 0 Å². The number of anilines is 1. The van der Waals surface area contributed by atoms with Crippen LogP contribution in [-0.2, 0) is 0 Å². The number of likely N-dealkylation sites (tertiary alicyclic amines) is 1. The highest BCUT2D eigenvalue weighted by Crippen LogP contribution is 2.16. The Morgan fingerprint density at radius 2 is 2.45 bits per heavy atom. The summed E-state index contributed by atoms with van der Waals surface area (Å²) in [4.78, 5) is 10.1. The first-order chi connectivity index (χ1) is 9.72. The molecule has 2 rings (SSSR count). The van der Waals surface area contributed by atoms with Crippen LogP contribution in [0.4, 0.5) is 10.3 Å². The number of nitrogens with one attached hydrogen (secondary N) is 1. The maximum atomic E-state index is 13.2. The Kier molecular flexibility index (Phi) is 5.49. The van der Waals surface area contributed by atoms with Gasteiger partial charge in [-0.3, -0.25) is 0 Å². The van der Waals surface area contributed by atoms with E-state index in [4.69, 9.17) is 4.74 Å². The summed E-state index contributed by atoms with van der Waals surface area (Å²) < 4.78 is 18.0. The molecule has 0 radical (unpaired) electrons. The molecule has 1 saturated heterocycles. The lowest BCUT2D eigenvalue weighted by Gasteiger charge is -2.31. The van der Waals surface area contributed by atoms with Gasteiger partial charge in [0.25, 0.3) is 5.88 Å². The van der Waals surface area contributed by atoms with Crippen molar-refractivity contribution >= 4 is 5.95 Å². The largest absolute Gasteiger partial charge is 0.479 e. The van der Waals surface area contributed by atoms with E-state index in [0.29, 0.717) is 18.4 Å². The van der Waals surface area contributed by atoms with Gasteiger partial charge in [0, 0.05) is 26.2 Å². The maximum absolute atomic E-state index is 13.2. The summed E-state index contributed by atoms with van der Waals surface area (Å²) in [6.45, 7) is 3.74. The third kappa shape index (κ3) is 4.01. The third-order valence-corrected chi connectivity index (χ3v) is 3.48. The molecular formula is C13H21FN4O2. The first-order valence-electron chi connectivity index (χ1n) is 6.86. The van der Waals surface area contributed by atoms with Crippen LogP contribution in [0.15, 0.2) is 6.20 Å². The SMILES string of the molecule is COc1nc(NCCN2CCC[C@@H](CO)C2)ncc1F. The zero-order valence-corrected chi connectivity index (χ0v) is 11.7. The molecule has 1 atom stereocenters. The number of piperidine rings is 1. The van der Waals surface area contributed by atoms with Crippen molar-refractivity contribution in [3.8, 4) is 5.88 Å². The molecule has 1 aliphatic rings. The number of hydrogen-bond acceptors (Lipinski definition) is 6. The van der Waals surface area contributed by atoms with E-state index in [9.17, 15) is 9.50 Å². The van der Waals surface area contributed by atoms with E-state index in [1.54, 1.807) is 0 Å². The Labute approximate surface area is 118 Å². The molecule has 7 heteroatoms. The Bertz CT molecular complexity index is 433. The summed E-state index contributed by atoms with van der Waals surface area (Å²) in [6, 6.07) is 0. The number of nitrogens with zero attached hydrogens (tertiary/aromatic N) is 3. The Morgan fingerprint density at radius 1 is 1.60 bits per heavy atom. The van der Waals surface area contributed by atoms with E-state index < -0.39 is 5.82 Å². The normalized spacial score (nSPS) is 19.9. The monoisotopic (exact) mass is 284 g/mol. The molecule has 1 aromatic heterocycles. The second-order valence-electron chi connectivity index (χ2n) is 4.97. The summed E-state index contributed by atoms with van der Waals surface area (Å²) in [5.74, 6) is 0.116. The molecule has 0 aliphatic carbocycles. The molecule has 0 amide bonds. The number of rotatable bonds is 6. The Hall–Kier alpha value is -1.47. The summed E-state index contributed by atoms with van der Waals surface area (Å²) in [5, 5.41) is 12.2. The highest BCUT2D eigenvalue weighted by molar-refractivity contribution is 5.28. The van der Waals surface area contributed by atoms with Crippen LogP contribution in [0.25, 0.3) is 0 Å².